The van der Waals surface area contributed by atoms with Crippen molar-refractivity contribution in [2.24, 2.45) is 0 Å². The van der Waals surface area contributed by atoms with Crippen LogP contribution in [0.1, 0.15) is 141 Å². The first-order valence-electron chi connectivity index (χ1n) is 12.5. The summed E-state index contributed by atoms with van der Waals surface area (Å²) in [5.74, 6) is 0. The summed E-state index contributed by atoms with van der Waals surface area (Å²) in [5.41, 5.74) is 3.17. The average Bonchev–Trinajstić information content (AvgIpc) is 3.13. The summed E-state index contributed by atoms with van der Waals surface area (Å²) in [7, 11) is 0. The van der Waals surface area contributed by atoms with Gasteiger partial charge in [-0.2, -0.15) is 0 Å². The van der Waals surface area contributed by atoms with Gasteiger partial charge in [0.15, 0.2) is 0 Å². The molecule has 0 aliphatic carbocycles. The summed E-state index contributed by atoms with van der Waals surface area (Å²) in [6, 6.07) is 0. The number of aromatic amines is 1. The molecule has 1 heterocycles. The summed E-state index contributed by atoms with van der Waals surface area (Å²) in [6.07, 6.45) is 32.7. The van der Waals surface area contributed by atoms with Crippen molar-refractivity contribution in [3.8, 4) is 0 Å². The summed E-state index contributed by atoms with van der Waals surface area (Å²) in [5, 5.41) is 0. The lowest BCUT2D eigenvalue weighted by atomic mass is 10.0. The maximum atomic E-state index is 3.34. The number of aryl methyl sites for hydroxylation is 2. The fourth-order valence-electron chi connectivity index (χ4n) is 4.15. The van der Waals surface area contributed by atoms with Gasteiger partial charge in [-0.15, -0.1) is 0 Å². The van der Waals surface area contributed by atoms with Gasteiger partial charge in [0, 0.05) is 12.4 Å². The molecule has 1 rings (SSSR count). The van der Waals surface area contributed by atoms with E-state index in [9.17, 15) is 0 Å². The number of nitrogens with one attached hydrogen (secondary N) is 1. The van der Waals surface area contributed by atoms with E-state index in [0.29, 0.717) is 0 Å². The van der Waals surface area contributed by atoms with Crippen LogP contribution < -0.4 is 0 Å². The summed E-state index contributed by atoms with van der Waals surface area (Å²) < 4.78 is 0. The molecule has 0 spiro atoms. The molecular formula is C26H49N. The Morgan fingerprint density at radius 1 is 0.444 bits per heavy atom. The smallest absolute Gasteiger partial charge is 0.00401 e. The van der Waals surface area contributed by atoms with Gasteiger partial charge in [-0.3, -0.25) is 0 Å². The van der Waals surface area contributed by atoms with Crippen molar-refractivity contribution in [1.82, 2.24) is 4.98 Å². The van der Waals surface area contributed by atoms with E-state index in [2.05, 4.69) is 31.2 Å². The van der Waals surface area contributed by atoms with Crippen molar-refractivity contribution in [2.45, 2.75) is 142 Å². The standard InChI is InChI=1S/C26H49N/c1-3-5-7-9-10-11-12-13-14-15-16-17-18-20-22-26-24-27-23-25(26)21-19-8-6-4-2/h23-24,27H,3-22H2,1-2H3. The lowest BCUT2D eigenvalue weighted by Gasteiger charge is -2.05. The summed E-state index contributed by atoms with van der Waals surface area (Å²) in [4.78, 5) is 3.34. The van der Waals surface area contributed by atoms with Crippen molar-refractivity contribution >= 4 is 0 Å². The third-order valence-corrected chi connectivity index (χ3v) is 6.03. The lowest BCUT2D eigenvalue weighted by Crippen LogP contribution is -1.91. The number of hydrogen-bond donors (Lipinski definition) is 1. The molecule has 0 atom stereocenters. The number of hydrogen-bond acceptors (Lipinski definition) is 0. The van der Waals surface area contributed by atoms with Crippen molar-refractivity contribution < 1.29 is 0 Å². The molecule has 0 bridgehead atoms. The van der Waals surface area contributed by atoms with Gasteiger partial charge in [0.1, 0.15) is 0 Å². The minimum Gasteiger partial charge on any atom is -0.367 e. The molecule has 1 N–H and O–H groups in total. The normalized spacial score (nSPS) is 11.3. The zero-order valence-corrected chi connectivity index (χ0v) is 18.8. The molecule has 0 radical (unpaired) electrons. The van der Waals surface area contributed by atoms with Crippen LogP contribution in [0, 0.1) is 0 Å². The quantitative estimate of drug-likeness (QED) is 0.219. The summed E-state index contributed by atoms with van der Waals surface area (Å²) in [6.45, 7) is 4.59. The van der Waals surface area contributed by atoms with E-state index in [1.165, 1.54) is 128 Å². The van der Waals surface area contributed by atoms with Gasteiger partial charge in [0.2, 0.25) is 0 Å². The molecular weight excluding hydrogens is 326 g/mol. The Balaban J connectivity index is 1.87. The van der Waals surface area contributed by atoms with E-state index in [-0.39, 0.29) is 0 Å². The highest BCUT2D eigenvalue weighted by Gasteiger charge is 2.03. The first kappa shape index (κ1) is 24.3. The van der Waals surface area contributed by atoms with Gasteiger partial charge in [-0.1, -0.05) is 117 Å². The molecule has 0 saturated carbocycles. The highest BCUT2D eigenvalue weighted by molar-refractivity contribution is 5.23. The Hall–Kier alpha value is -0.720. The number of rotatable bonds is 20. The van der Waals surface area contributed by atoms with Gasteiger partial charge in [-0.25, -0.2) is 0 Å². The van der Waals surface area contributed by atoms with E-state index in [4.69, 9.17) is 0 Å². The van der Waals surface area contributed by atoms with Crippen LogP contribution in [0.4, 0.5) is 0 Å². The third kappa shape index (κ3) is 14.0. The number of aromatic nitrogens is 1. The molecule has 1 aromatic rings. The van der Waals surface area contributed by atoms with E-state index in [1.807, 2.05) is 0 Å². The van der Waals surface area contributed by atoms with Crippen LogP contribution in [0.2, 0.25) is 0 Å². The first-order valence-corrected chi connectivity index (χ1v) is 12.5. The highest BCUT2D eigenvalue weighted by Crippen LogP contribution is 2.17. The van der Waals surface area contributed by atoms with Crippen LogP contribution in [0.5, 0.6) is 0 Å². The first-order chi connectivity index (χ1) is 13.4. The minimum absolute atomic E-state index is 1.28. The van der Waals surface area contributed by atoms with Gasteiger partial charge < -0.3 is 4.98 Å². The van der Waals surface area contributed by atoms with E-state index in [1.54, 1.807) is 11.1 Å². The third-order valence-electron chi connectivity index (χ3n) is 6.03. The predicted molar refractivity (Wildman–Crippen MR) is 123 cm³/mol. The van der Waals surface area contributed by atoms with Crippen LogP contribution in [-0.2, 0) is 12.8 Å². The SMILES string of the molecule is CCCCCCCCCCCCCCCCc1c[nH]cc1CCCCCC. The van der Waals surface area contributed by atoms with Gasteiger partial charge in [0.25, 0.3) is 0 Å². The molecule has 27 heavy (non-hydrogen) atoms. The van der Waals surface area contributed by atoms with Crippen molar-refractivity contribution in [2.75, 3.05) is 0 Å². The van der Waals surface area contributed by atoms with Crippen LogP contribution in [-0.4, -0.2) is 4.98 Å². The van der Waals surface area contributed by atoms with Crippen molar-refractivity contribution in [1.29, 1.82) is 0 Å². The van der Waals surface area contributed by atoms with Crippen LogP contribution in [0.3, 0.4) is 0 Å². The molecule has 0 saturated heterocycles. The lowest BCUT2D eigenvalue weighted by molar-refractivity contribution is 0.535. The second kappa shape index (κ2) is 18.6. The van der Waals surface area contributed by atoms with E-state index >= 15 is 0 Å². The Labute approximate surface area is 171 Å². The predicted octanol–water partition coefficient (Wildman–Crippen LogP) is 9.16. The van der Waals surface area contributed by atoms with Gasteiger partial charge in [-0.05, 0) is 36.8 Å². The maximum Gasteiger partial charge on any atom is 0.00401 e. The fourth-order valence-corrected chi connectivity index (χ4v) is 4.15. The molecule has 0 aliphatic heterocycles. The average molecular weight is 376 g/mol. The van der Waals surface area contributed by atoms with Crippen LogP contribution in [0.15, 0.2) is 12.4 Å². The zero-order chi connectivity index (χ0) is 19.4. The van der Waals surface area contributed by atoms with Gasteiger partial charge in [0.05, 0.1) is 0 Å². The Morgan fingerprint density at radius 2 is 0.741 bits per heavy atom. The van der Waals surface area contributed by atoms with Crippen LogP contribution >= 0.6 is 0 Å². The molecule has 158 valence electrons. The Bertz CT molecular complexity index is 406. The molecule has 1 nitrogen and oxygen atoms in total. The zero-order valence-electron chi connectivity index (χ0n) is 18.8. The highest BCUT2D eigenvalue weighted by atomic mass is 14.6. The van der Waals surface area contributed by atoms with Crippen LogP contribution in [0.25, 0.3) is 0 Å². The fraction of sp³-hybridized carbons (Fsp3) is 0.846. The molecule has 1 aromatic heterocycles. The van der Waals surface area contributed by atoms with E-state index in [0.717, 1.165) is 0 Å². The Kier molecular flexibility index (Phi) is 16.8. The second-order valence-electron chi connectivity index (χ2n) is 8.66. The molecule has 0 unspecified atom stereocenters. The molecule has 1 heteroatoms. The number of H-pyrrole nitrogens is 1. The van der Waals surface area contributed by atoms with Crippen molar-refractivity contribution in [3.63, 3.8) is 0 Å². The maximum absolute atomic E-state index is 3.34. The molecule has 0 fully saturated rings. The Morgan fingerprint density at radius 3 is 1.11 bits per heavy atom. The second-order valence-corrected chi connectivity index (χ2v) is 8.66. The topological polar surface area (TPSA) is 15.8 Å². The summed E-state index contributed by atoms with van der Waals surface area (Å²) >= 11 is 0. The monoisotopic (exact) mass is 375 g/mol. The largest absolute Gasteiger partial charge is 0.367 e. The molecule has 0 aromatic carbocycles. The number of unbranched alkanes of at least 4 members (excludes halogenated alkanes) is 16. The molecule has 0 aliphatic rings. The van der Waals surface area contributed by atoms with Gasteiger partial charge >= 0.3 is 0 Å². The minimum atomic E-state index is 1.28. The molecule has 0 amide bonds. The van der Waals surface area contributed by atoms with Crippen molar-refractivity contribution in [3.05, 3.63) is 23.5 Å². The van der Waals surface area contributed by atoms with E-state index < -0.39 is 0 Å².